The normalized spacial score (nSPS) is 20.8. The lowest BCUT2D eigenvalue weighted by Crippen LogP contribution is -2.07. The number of aromatic nitrogens is 2. The van der Waals surface area contributed by atoms with E-state index in [0.29, 0.717) is 18.1 Å². The van der Waals surface area contributed by atoms with Gasteiger partial charge in [-0.05, 0) is 24.7 Å². The number of methoxy groups -OCH3 is 1. The van der Waals surface area contributed by atoms with E-state index in [9.17, 15) is 4.39 Å². The number of H-pyrrole nitrogens is 1. The minimum absolute atomic E-state index is 0.204. The molecule has 1 aromatic heterocycles. The molecule has 0 bridgehead atoms. The van der Waals surface area contributed by atoms with E-state index in [2.05, 4.69) is 10.2 Å². The number of rotatable bonds is 2. The molecule has 0 fully saturated rings. The molecule has 0 aliphatic heterocycles. The first-order chi connectivity index (χ1) is 7.20. The Kier molecular flexibility index (Phi) is 2.68. The molecule has 1 aliphatic carbocycles. The molecule has 1 heterocycles. The highest BCUT2D eigenvalue weighted by Gasteiger charge is 2.25. The average Bonchev–Trinajstić information content (AvgIpc) is 2.64. The van der Waals surface area contributed by atoms with Gasteiger partial charge in [0.2, 0.25) is 5.89 Å². The molecule has 0 spiro atoms. The van der Waals surface area contributed by atoms with Crippen LogP contribution in [0.1, 0.15) is 18.2 Å². The summed E-state index contributed by atoms with van der Waals surface area (Å²) in [6, 6.07) is 0. The molecule has 0 saturated heterocycles. The van der Waals surface area contributed by atoms with Crippen molar-refractivity contribution in [2.45, 2.75) is 12.3 Å². The second kappa shape index (κ2) is 3.98. The van der Waals surface area contributed by atoms with Crippen molar-refractivity contribution in [1.29, 1.82) is 0 Å². The van der Waals surface area contributed by atoms with Crippen LogP contribution in [0.5, 0.6) is 0 Å². The molecule has 4 nitrogen and oxygen atoms in total. The predicted molar refractivity (Wildman–Crippen MR) is 53.3 cm³/mol. The first-order valence-electron chi connectivity index (χ1n) is 4.37. The number of halogens is 1. The van der Waals surface area contributed by atoms with Crippen LogP contribution in [0.15, 0.2) is 28.2 Å². The molecule has 1 aliphatic rings. The van der Waals surface area contributed by atoms with Crippen LogP contribution < -0.4 is 0 Å². The molecule has 6 heteroatoms. The number of hydrogen-bond donors (Lipinski definition) is 1. The first-order valence-corrected chi connectivity index (χ1v) is 4.78. The van der Waals surface area contributed by atoms with Gasteiger partial charge < -0.3 is 9.15 Å². The van der Waals surface area contributed by atoms with Gasteiger partial charge in [-0.3, -0.25) is 0 Å². The minimum Gasteiger partial charge on any atom is -0.500 e. The van der Waals surface area contributed by atoms with Gasteiger partial charge in [-0.2, -0.15) is 0 Å². The second-order valence-electron chi connectivity index (χ2n) is 3.08. The van der Waals surface area contributed by atoms with Crippen molar-refractivity contribution in [3.8, 4) is 0 Å². The van der Waals surface area contributed by atoms with E-state index in [1.54, 1.807) is 0 Å². The monoisotopic (exact) mass is 228 g/mol. The highest BCUT2D eigenvalue weighted by Crippen LogP contribution is 2.32. The third-order valence-electron chi connectivity index (χ3n) is 2.16. The van der Waals surface area contributed by atoms with Gasteiger partial charge in [0.25, 0.3) is 4.84 Å². The van der Waals surface area contributed by atoms with E-state index in [-0.39, 0.29) is 16.6 Å². The smallest absolute Gasteiger partial charge is 0.284 e. The number of hydrogen-bond acceptors (Lipinski definition) is 4. The second-order valence-corrected chi connectivity index (χ2v) is 3.45. The Balaban J connectivity index is 2.32. The van der Waals surface area contributed by atoms with Crippen LogP contribution in [-0.2, 0) is 4.74 Å². The molecule has 1 N–H and O–H groups in total. The molecule has 1 atom stereocenters. The topological polar surface area (TPSA) is 51.0 Å². The summed E-state index contributed by atoms with van der Waals surface area (Å²) < 4.78 is 23.2. The molecular weight excluding hydrogens is 219 g/mol. The van der Waals surface area contributed by atoms with Gasteiger partial charge in [0, 0.05) is 6.08 Å². The van der Waals surface area contributed by atoms with E-state index in [1.807, 2.05) is 0 Å². The molecule has 0 amide bonds. The van der Waals surface area contributed by atoms with Crippen molar-refractivity contribution in [2.24, 2.45) is 0 Å². The molecule has 2 rings (SSSR count). The van der Waals surface area contributed by atoms with Gasteiger partial charge in [0.15, 0.2) is 0 Å². The number of ether oxygens (including phenoxy) is 1. The van der Waals surface area contributed by atoms with Crippen LogP contribution in [-0.4, -0.2) is 17.3 Å². The van der Waals surface area contributed by atoms with Crippen LogP contribution in [0, 0.1) is 4.84 Å². The zero-order valence-corrected chi connectivity index (χ0v) is 8.81. The van der Waals surface area contributed by atoms with Gasteiger partial charge in [-0.1, -0.05) is 0 Å². The zero-order chi connectivity index (χ0) is 10.8. The van der Waals surface area contributed by atoms with Crippen LogP contribution in [0.25, 0.3) is 0 Å². The number of nitrogens with zero attached hydrogens (tertiary/aromatic N) is 1. The van der Waals surface area contributed by atoms with Gasteiger partial charge in [0.05, 0.1) is 13.0 Å². The molecule has 15 heavy (non-hydrogen) atoms. The lowest BCUT2D eigenvalue weighted by molar-refractivity contribution is 0.247. The van der Waals surface area contributed by atoms with Gasteiger partial charge in [0.1, 0.15) is 11.6 Å². The van der Waals surface area contributed by atoms with E-state index in [4.69, 9.17) is 21.4 Å². The Morgan fingerprint density at radius 2 is 2.53 bits per heavy atom. The summed E-state index contributed by atoms with van der Waals surface area (Å²) in [6.45, 7) is 0. The Labute approximate surface area is 90.4 Å². The van der Waals surface area contributed by atoms with Crippen LogP contribution >= 0.6 is 12.2 Å². The van der Waals surface area contributed by atoms with Crippen molar-refractivity contribution in [3.05, 3.63) is 34.5 Å². The summed E-state index contributed by atoms with van der Waals surface area (Å²) in [5, 5.41) is 6.42. The summed E-state index contributed by atoms with van der Waals surface area (Å²) in [6.07, 6.45) is 3.23. The maximum absolute atomic E-state index is 12.9. The van der Waals surface area contributed by atoms with Crippen molar-refractivity contribution >= 4 is 12.2 Å². The minimum atomic E-state index is -0.308. The lowest BCUT2D eigenvalue weighted by atomic mass is 9.98. The molecule has 1 aromatic rings. The Bertz CT molecular complexity index is 474. The Morgan fingerprint density at radius 3 is 3.13 bits per heavy atom. The quantitative estimate of drug-likeness (QED) is 0.790. The Hall–Kier alpha value is -1.43. The van der Waals surface area contributed by atoms with E-state index < -0.39 is 0 Å². The van der Waals surface area contributed by atoms with Crippen molar-refractivity contribution in [2.75, 3.05) is 7.11 Å². The lowest BCUT2D eigenvalue weighted by Gasteiger charge is -2.17. The summed E-state index contributed by atoms with van der Waals surface area (Å²) in [5.74, 6) is 0.386. The SMILES string of the molecule is COC1=CC(F)=CCC1c1n[nH]c(=S)o1. The molecule has 0 saturated carbocycles. The third-order valence-corrected chi connectivity index (χ3v) is 2.34. The summed E-state index contributed by atoms with van der Waals surface area (Å²) >= 11 is 4.77. The highest BCUT2D eigenvalue weighted by atomic mass is 32.1. The van der Waals surface area contributed by atoms with Gasteiger partial charge in [-0.15, -0.1) is 5.10 Å². The molecule has 1 unspecified atom stereocenters. The first kappa shape index (κ1) is 10.1. The average molecular weight is 228 g/mol. The summed E-state index contributed by atoms with van der Waals surface area (Å²) in [5.41, 5.74) is 0. The fraction of sp³-hybridized carbons (Fsp3) is 0.333. The van der Waals surface area contributed by atoms with Crippen molar-refractivity contribution in [1.82, 2.24) is 10.2 Å². The maximum atomic E-state index is 12.9. The van der Waals surface area contributed by atoms with E-state index in [1.165, 1.54) is 19.3 Å². The summed E-state index contributed by atoms with van der Waals surface area (Å²) in [7, 11) is 1.48. The fourth-order valence-corrected chi connectivity index (χ4v) is 1.59. The molecule has 0 aromatic carbocycles. The molecular formula is C9H9FN2O2S. The number of aromatic amines is 1. The van der Waals surface area contributed by atoms with Crippen LogP contribution in [0.4, 0.5) is 4.39 Å². The van der Waals surface area contributed by atoms with E-state index in [0.717, 1.165) is 0 Å². The standard InChI is InChI=1S/C9H9FN2O2S/c1-13-7-4-5(10)2-3-6(7)8-11-12-9(15)14-8/h2,4,6H,3H2,1H3,(H,12,15). The van der Waals surface area contributed by atoms with Crippen LogP contribution in [0.3, 0.4) is 0 Å². The molecule has 0 radical (unpaired) electrons. The largest absolute Gasteiger partial charge is 0.500 e. The van der Waals surface area contributed by atoms with Crippen LogP contribution in [0.2, 0.25) is 0 Å². The predicted octanol–water partition coefficient (Wildman–Crippen LogP) is 2.60. The molecule has 80 valence electrons. The summed E-state index contributed by atoms with van der Waals surface area (Å²) in [4.78, 5) is 0.204. The maximum Gasteiger partial charge on any atom is 0.284 e. The third kappa shape index (κ3) is 1.99. The van der Waals surface area contributed by atoms with Crippen molar-refractivity contribution < 1.29 is 13.5 Å². The van der Waals surface area contributed by atoms with Gasteiger partial charge in [-0.25, -0.2) is 9.49 Å². The van der Waals surface area contributed by atoms with Crippen molar-refractivity contribution in [3.63, 3.8) is 0 Å². The number of allylic oxidation sites excluding steroid dienone is 4. The van der Waals surface area contributed by atoms with Gasteiger partial charge >= 0.3 is 0 Å². The fourth-order valence-electron chi connectivity index (χ4n) is 1.46. The number of nitrogens with one attached hydrogen (secondary N) is 1. The Morgan fingerprint density at radius 1 is 1.73 bits per heavy atom. The highest BCUT2D eigenvalue weighted by molar-refractivity contribution is 7.71. The van der Waals surface area contributed by atoms with E-state index >= 15 is 0 Å². The zero-order valence-electron chi connectivity index (χ0n) is 7.99.